The van der Waals surface area contributed by atoms with Crippen molar-refractivity contribution in [3.63, 3.8) is 0 Å². The molecule has 3 rings (SSSR count). The molecule has 1 saturated carbocycles. The maximum Gasteiger partial charge on any atom is 0.0104 e. The molecule has 4 unspecified atom stereocenters. The molecule has 0 spiro atoms. The van der Waals surface area contributed by atoms with Crippen LogP contribution >= 0.6 is 0 Å². The molecule has 1 heteroatoms. The van der Waals surface area contributed by atoms with Crippen molar-refractivity contribution in [2.75, 3.05) is 6.54 Å². The Hall–Kier alpha value is -0.820. The van der Waals surface area contributed by atoms with Gasteiger partial charge in [0, 0.05) is 6.04 Å². The Bertz CT molecular complexity index is 465. The lowest BCUT2D eigenvalue weighted by molar-refractivity contribution is 0.391. The largest absolute Gasteiger partial charge is 0.314 e. The van der Waals surface area contributed by atoms with Gasteiger partial charge >= 0.3 is 0 Å². The van der Waals surface area contributed by atoms with E-state index in [1.54, 1.807) is 11.1 Å². The van der Waals surface area contributed by atoms with Crippen LogP contribution in [0.25, 0.3) is 0 Å². The molecule has 116 valence electrons. The van der Waals surface area contributed by atoms with E-state index in [9.17, 15) is 0 Å². The molecular weight excluding hydrogens is 254 g/mol. The van der Waals surface area contributed by atoms with Crippen LogP contribution in [0.15, 0.2) is 24.3 Å². The summed E-state index contributed by atoms with van der Waals surface area (Å²) in [6, 6.07) is 9.93. The lowest BCUT2D eigenvalue weighted by Gasteiger charge is -2.19. The minimum absolute atomic E-state index is 0.745. The SMILES string of the molecule is CCNC(CCCC(C)C)C1C2CCc3ccccc3C21. The summed E-state index contributed by atoms with van der Waals surface area (Å²) in [6.45, 7) is 8.06. The van der Waals surface area contributed by atoms with Crippen molar-refractivity contribution in [1.82, 2.24) is 5.32 Å². The third kappa shape index (κ3) is 3.18. The van der Waals surface area contributed by atoms with Crippen molar-refractivity contribution in [2.45, 2.75) is 64.8 Å². The third-order valence-electron chi connectivity index (χ3n) is 5.62. The Labute approximate surface area is 130 Å². The van der Waals surface area contributed by atoms with Crippen LogP contribution in [0.1, 0.15) is 63.5 Å². The van der Waals surface area contributed by atoms with E-state index >= 15 is 0 Å². The molecule has 0 saturated heterocycles. The minimum Gasteiger partial charge on any atom is -0.314 e. The lowest BCUT2D eigenvalue weighted by atomic mass is 9.92. The van der Waals surface area contributed by atoms with Gasteiger partial charge in [0.05, 0.1) is 0 Å². The average molecular weight is 285 g/mol. The molecule has 0 aromatic heterocycles. The normalized spacial score (nSPS) is 28.1. The van der Waals surface area contributed by atoms with Gasteiger partial charge < -0.3 is 5.32 Å². The zero-order chi connectivity index (χ0) is 14.8. The molecule has 21 heavy (non-hydrogen) atoms. The standard InChI is InChI=1S/C20H31N/c1-4-21-18(11-7-8-14(2)3)20-17-13-12-15-9-5-6-10-16(15)19(17)20/h5-6,9-10,14,17-21H,4,7-8,11-13H2,1-3H3. The Balaban J connectivity index is 1.66. The Kier molecular flexibility index (Phi) is 4.69. The number of aryl methyl sites for hydroxylation is 1. The van der Waals surface area contributed by atoms with Gasteiger partial charge in [-0.3, -0.25) is 0 Å². The second kappa shape index (κ2) is 6.52. The van der Waals surface area contributed by atoms with Crippen molar-refractivity contribution < 1.29 is 0 Å². The molecular formula is C20H31N. The lowest BCUT2D eigenvalue weighted by Crippen LogP contribution is -2.32. The molecule has 0 bridgehead atoms. The molecule has 0 radical (unpaired) electrons. The van der Waals surface area contributed by atoms with Crippen molar-refractivity contribution >= 4 is 0 Å². The van der Waals surface area contributed by atoms with Gasteiger partial charge in [-0.15, -0.1) is 0 Å². The molecule has 0 amide bonds. The first-order valence-corrected chi connectivity index (χ1v) is 9.03. The van der Waals surface area contributed by atoms with Gasteiger partial charge in [-0.1, -0.05) is 57.9 Å². The molecule has 0 aliphatic heterocycles. The van der Waals surface area contributed by atoms with Gasteiger partial charge in [0.1, 0.15) is 0 Å². The van der Waals surface area contributed by atoms with E-state index in [1.165, 1.54) is 32.1 Å². The van der Waals surface area contributed by atoms with E-state index in [-0.39, 0.29) is 0 Å². The number of rotatable bonds is 7. The molecule has 1 N–H and O–H groups in total. The maximum absolute atomic E-state index is 3.81. The van der Waals surface area contributed by atoms with Gasteiger partial charge in [0.25, 0.3) is 0 Å². The first-order chi connectivity index (χ1) is 10.2. The number of hydrogen-bond donors (Lipinski definition) is 1. The fourth-order valence-corrected chi connectivity index (χ4v) is 4.61. The van der Waals surface area contributed by atoms with E-state index in [0.717, 1.165) is 36.3 Å². The average Bonchev–Trinajstić information content (AvgIpc) is 3.21. The summed E-state index contributed by atoms with van der Waals surface area (Å²) >= 11 is 0. The second-order valence-electron chi connectivity index (χ2n) is 7.49. The van der Waals surface area contributed by atoms with Gasteiger partial charge in [0.15, 0.2) is 0 Å². The van der Waals surface area contributed by atoms with Gasteiger partial charge in [-0.2, -0.15) is 0 Å². The first-order valence-electron chi connectivity index (χ1n) is 9.03. The summed E-state index contributed by atoms with van der Waals surface area (Å²) in [7, 11) is 0. The highest BCUT2D eigenvalue weighted by atomic mass is 14.9. The van der Waals surface area contributed by atoms with Gasteiger partial charge in [-0.25, -0.2) is 0 Å². The molecule has 1 fully saturated rings. The van der Waals surface area contributed by atoms with Crippen LogP contribution in [-0.2, 0) is 6.42 Å². The second-order valence-corrected chi connectivity index (χ2v) is 7.49. The summed E-state index contributed by atoms with van der Waals surface area (Å²) in [4.78, 5) is 0. The highest BCUT2D eigenvalue weighted by molar-refractivity contribution is 5.40. The zero-order valence-electron chi connectivity index (χ0n) is 13.9. The maximum atomic E-state index is 3.81. The van der Waals surface area contributed by atoms with Crippen LogP contribution in [0, 0.1) is 17.8 Å². The number of fused-ring (bicyclic) bond motifs is 3. The molecule has 2 aliphatic rings. The number of benzene rings is 1. The van der Waals surface area contributed by atoms with Gasteiger partial charge in [0.2, 0.25) is 0 Å². The highest BCUT2D eigenvalue weighted by Gasteiger charge is 2.55. The molecule has 2 aliphatic carbocycles. The smallest absolute Gasteiger partial charge is 0.0104 e. The summed E-state index contributed by atoms with van der Waals surface area (Å²) in [5.74, 6) is 3.57. The third-order valence-corrected chi connectivity index (χ3v) is 5.62. The van der Waals surface area contributed by atoms with E-state index in [4.69, 9.17) is 0 Å². The summed E-state index contributed by atoms with van der Waals surface area (Å²) in [5, 5.41) is 3.81. The number of hydrogen-bond acceptors (Lipinski definition) is 1. The van der Waals surface area contributed by atoms with Crippen LogP contribution in [-0.4, -0.2) is 12.6 Å². The Morgan fingerprint density at radius 1 is 1.19 bits per heavy atom. The van der Waals surface area contributed by atoms with Crippen LogP contribution in [0.2, 0.25) is 0 Å². The molecule has 4 atom stereocenters. The predicted octanol–water partition coefficient (Wildman–Crippen LogP) is 4.77. The van der Waals surface area contributed by atoms with Crippen LogP contribution in [0.3, 0.4) is 0 Å². The fourth-order valence-electron chi connectivity index (χ4n) is 4.61. The molecule has 1 aromatic rings. The van der Waals surface area contributed by atoms with Crippen LogP contribution in [0.5, 0.6) is 0 Å². The topological polar surface area (TPSA) is 12.0 Å². The van der Waals surface area contributed by atoms with E-state index in [1.807, 2.05) is 0 Å². The summed E-state index contributed by atoms with van der Waals surface area (Å²) < 4.78 is 0. The zero-order valence-corrected chi connectivity index (χ0v) is 13.9. The van der Waals surface area contributed by atoms with Crippen molar-refractivity contribution in [1.29, 1.82) is 0 Å². The van der Waals surface area contributed by atoms with Crippen LogP contribution < -0.4 is 5.32 Å². The fraction of sp³-hybridized carbons (Fsp3) is 0.700. The van der Waals surface area contributed by atoms with Crippen molar-refractivity contribution in [3.05, 3.63) is 35.4 Å². The Morgan fingerprint density at radius 3 is 2.76 bits per heavy atom. The Morgan fingerprint density at radius 2 is 2.00 bits per heavy atom. The van der Waals surface area contributed by atoms with Gasteiger partial charge in [-0.05, 0) is 60.6 Å². The predicted molar refractivity (Wildman–Crippen MR) is 90.6 cm³/mol. The minimum atomic E-state index is 0.745. The monoisotopic (exact) mass is 285 g/mol. The molecule has 1 nitrogen and oxygen atoms in total. The quantitative estimate of drug-likeness (QED) is 0.761. The highest BCUT2D eigenvalue weighted by Crippen LogP contribution is 2.61. The van der Waals surface area contributed by atoms with E-state index < -0.39 is 0 Å². The molecule has 0 heterocycles. The summed E-state index contributed by atoms with van der Waals surface area (Å²) in [6.07, 6.45) is 6.84. The van der Waals surface area contributed by atoms with Crippen molar-refractivity contribution in [2.24, 2.45) is 17.8 Å². The molecule has 1 aromatic carbocycles. The summed E-state index contributed by atoms with van der Waals surface area (Å²) in [5.41, 5.74) is 3.30. The number of nitrogens with one attached hydrogen (secondary N) is 1. The van der Waals surface area contributed by atoms with Crippen LogP contribution in [0.4, 0.5) is 0 Å². The first kappa shape index (κ1) is 15.1. The van der Waals surface area contributed by atoms with E-state index in [0.29, 0.717) is 0 Å². The van der Waals surface area contributed by atoms with Crippen molar-refractivity contribution in [3.8, 4) is 0 Å². The van der Waals surface area contributed by atoms with E-state index in [2.05, 4.69) is 50.4 Å².